The van der Waals surface area contributed by atoms with E-state index in [0.29, 0.717) is 39.8 Å². The second-order valence-corrected chi connectivity index (χ2v) is 8.20. The number of amides is 1. The Hall–Kier alpha value is -2.70. The molecule has 1 aromatic carbocycles. The molecule has 166 valence electrons. The molecule has 7 nitrogen and oxygen atoms in total. The van der Waals surface area contributed by atoms with Gasteiger partial charge in [0.1, 0.15) is 16.5 Å². The lowest BCUT2D eigenvalue weighted by molar-refractivity contribution is -0.266. The summed E-state index contributed by atoms with van der Waals surface area (Å²) in [4.78, 5) is 20.3. The maximum Gasteiger partial charge on any atom is 0.424 e. The number of ether oxygens (including phenoxy) is 2. The molecule has 0 aliphatic heterocycles. The monoisotopic (exact) mass is 473 g/mol. The van der Waals surface area contributed by atoms with Crippen molar-refractivity contribution in [3.63, 3.8) is 0 Å². The maximum atomic E-state index is 13.6. The number of thiazole rings is 2. The third-order valence-electron chi connectivity index (χ3n) is 4.29. The molecule has 12 heteroatoms. The summed E-state index contributed by atoms with van der Waals surface area (Å²) in [6.45, 7) is 1.50. The van der Waals surface area contributed by atoms with E-state index in [1.807, 2.05) is 0 Å². The molecule has 3 aromatic rings. The van der Waals surface area contributed by atoms with Gasteiger partial charge in [-0.2, -0.15) is 13.2 Å². The number of benzene rings is 1. The van der Waals surface area contributed by atoms with Crippen LogP contribution in [-0.2, 0) is 10.4 Å². The molecule has 0 saturated carbocycles. The molecule has 2 N–H and O–H groups in total. The highest BCUT2D eigenvalue weighted by molar-refractivity contribution is 7.14. The molecule has 1 amide bonds. The highest BCUT2D eigenvalue weighted by Crippen LogP contribution is 2.43. The normalized spacial score (nSPS) is 13.5. The highest BCUT2D eigenvalue weighted by atomic mass is 32.1. The van der Waals surface area contributed by atoms with Crippen molar-refractivity contribution in [1.82, 2.24) is 9.97 Å². The Kier molecular flexibility index (Phi) is 6.53. The van der Waals surface area contributed by atoms with Gasteiger partial charge in [-0.05, 0) is 25.1 Å². The van der Waals surface area contributed by atoms with Gasteiger partial charge in [-0.15, -0.1) is 22.7 Å². The van der Waals surface area contributed by atoms with Crippen LogP contribution in [0.15, 0.2) is 29.0 Å². The second kappa shape index (κ2) is 8.81. The quantitative estimate of drug-likeness (QED) is 0.529. The van der Waals surface area contributed by atoms with Crippen LogP contribution in [0.4, 0.5) is 18.3 Å². The SMILES string of the molecule is COc1ccc(OC)c(-c2csc(NC(=O)CC(O)(c3nc(C)cs3)C(F)(F)F)n2)c1. The minimum atomic E-state index is -5.09. The van der Waals surface area contributed by atoms with Crippen LogP contribution in [0.3, 0.4) is 0 Å². The second-order valence-electron chi connectivity index (χ2n) is 6.48. The van der Waals surface area contributed by atoms with Gasteiger partial charge in [0.25, 0.3) is 0 Å². The number of carbonyl (C=O) groups excluding carboxylic acids is 1. The first kappa shape index (κ1) is 23.0. The Morgan fingerprint density at radius 2 is 1.90 bits per heavy atom. The fourth-order valence-electron chi connectivity index (χ4n) is 2.71. The molecular weight excluding hydrogens is 455 g/mol. The Balaban J connectivity index is 1.81. The van der Waals surface area contributed by atoms with E-state index < -0.39 is 29.1 Å². The molecule has 3 rings (SSSR count). The lowest BCUT2D eigenvalue weighted by Gasteiger charge is -2.27. The van der Waals surface area contributed by atoms with Gasteiger partial charge in [0, 0.05) is 22.0 Å². The number of nitrogens with zero attached hydrogens (tertiary/aromatic N) is 2. The molecule has 0 aliphatic carbocycles. The van der Waals surface area contributed by atoms with E-state index in [9.17, 15) is 23.1 Å². The minimum Gasteiger partial charge on any atom is -0.497 e. The third-order valence-corrected chi connectivity index (χ3v) is 6.16. The molecule has 0 radical (unpaired) electrons. The van der Waals surface area contributed by atoms with Crippen LogP contribution >= 0.6 is 22.7 Å². The Bertz CT molecular complexity index is 1080. The molecule has 0 saturated heterocycles. The number of halogens is 3. The van der Waals surface area contributed by atoms with Crippen molar-refractivity contribution in [2.24, 2.45) is 0 Å². The average Bonchev–Trinajstić information content (AvgIpc) is 3.35. The molecule has 0 aliphatic rings. The zero-order valence-electron chi connectivity index (χ0n) is 16.6. The number of rotatable bonds is 7. The number of nitrogens with one attached hydrogen (secondary N) is 1. The van der Waals surface area contributed by atoms with E-state index in [0.717, 1.165) is 11.3 Å². The summed E-state index contributed by atoms with van der Waals surface area (Å²) in [6, 6.07) is 5.08. The molecular formula is C19H18F3N3O4S2. The molecule has 0 spiro atoms. The number of hydrogen-bond acceptors (Lipinski definition) is 8. The van der Waals surface area contributed by atoms with Crippen molar-refractivity contribution in [3.8, 4) is 22.8 Å². The summed E-state index contributed by atoms with van der Waals surface area (Å²) in [5.41, 5.74) is -2.05. The lowest BCUT2D eigenvalue weighted by Crippen LogP contribution is -2.45. The zero-order valence-corrected chi connectivity index (χ0v) is 18.2. The average molecular weight is 473 g/mol. The van der Waals surface area contributed by atoms with E-state index in [4.69, 9.17) is 9.47 Å². The summed E-state index contributed by atoms with van der Waals surface area (Å²) in [6.07, 6.45) is -6.34. The number of alkyl halides is 3. The number of aromatic nitrogens is 2. The topological polar surface area (TPSA) is 93.6 Å². The number of aliphatic hydroxyl groups is 1. The summed E-state index contributed by atoms with van der Waals surface area (Å²) < 4.78 is 51.2. The van der Waals surface area contributed by atoms with E-state index in [1.165, 1.54) is 26.5 Å². The van der Waals surface area contributed by atoms with Crippen molar-refractivity contribution in [1.29, 1.82) is 0 Å². The van der Waals surface area contributed by atoms with Crippen LogP contribution in [0.25, 0.3) is 11.3 Å². The van der Waals surface area contributed by atoms with Crippen LogP contribution in [0.1, 0.15) is 17.1 Å². The fourth-order valence-corrected chi connectivity index (χ4v) is 4.35. The smallest absolute Gasteiger partial charge is 0.424 e. The van der Waals surface area contributed by atoms with E-state index in [2.05, 4.69) is 15.3 Å². The Labute approximate surface area is 183 Å². The molecule has 0 bridgehead atoms. The predicted octanol–water partition coefficient (Wildman–Crippen LogP) is 4.37. The lowest BCUT2D eigenvalue weighted by atomic mass is 9.99. The molecule has 31 heavy (non-hydrogen) atoms. The first-order chi connectivity index (χ1) is 14.6. The van der Waals surface area contributed by atoms with Crippen molar-refractivity contribution < 1.29 is 32.5 Å². The summed E-state index contributed by atoms with van der Waals surface area (Å²) in [5.74, 6) is 0.0177. The van der Waals surface area contributed by atoms with Crippen molar-refractivity contribution in [2.45, 2.75) is 25.1 Å². The van der Waals surface area contributed by atoms with Gasteiger partial charge >= 0.3 is 6.18 Å². The van der Waals surface area contributed by atoms with Crippen molar-refractivity contribution in [2.75, 3.05) is 19.5 Å². The Morgan fingerprint density at radius 3 is 2.48 bits per heavy atom. The first-order valence-electron chi connectivity index (χ1n) is 8.77. The maximum absolute atomic E-state index is 13.6. The van der Waals surface area contributed by atoms with E-state index >= 15 is 0 Å². The highest BCUT2D eigenvalue weighted by Gasteiger charge is 2.58. The van der Waals surface area contributed by atoms with Gasteiger partial charge in [0.05, 0.1) is 26.3 Å². The van der Waals surface area contributed by atoms with Gasteiger partial charge in [-0.1, -0.05) is 0 Å². The van der Waals surface area contributed by atoms with Crippen molar-refractivity contribution in [3.05, 3.63) is 39.7 Å². The number of aryl methyl sites for hydroxylation is 1. The third kappa shape index (κ3) is 4.81. The standard InChI is InChI=1S/C19H18F3N3O4S2/c1-10-8-30-16(23-10)18(27,19(20,21)22)7-15(26)25-17-24-13(9-31-17)12-6-11(28-2)4-5-14(12)29-3/h4-6,8-9,27H,7H2,1-3H3,(H,24,25,26). The molecule has 1 unspecified atom stereocenters. The Morgan fingerprint density at radius 1 is 1.16 bits per heavy atom. The van der Waals surface area contributed by atoms with Gasteiger partial charge < -0.3 is 19.9 Å². The molecule has 1 atom stereocenters. The van der Waals surface area contributed by atoms with Crippen LogP contribution in [0, 0.1) is 6.92 Å². The van der Waals surface area contributed by atoms with Gasteiger partial charge in [-0.3, -0.25) is 4.79 Å². The minimum absolute atomic E-state index is 0.0738. The molecule has 2 heterocycles. The van der Waals surface area contributed by atoms with Gasteiger partial charge in [0.2, 0.25) is 11.5 Å². The predicted molar refractivity (Wildman–Crippen MR) is 111 cm³/mol. The summed E-state index contributed by atoms with van der Waals surface area (Å²) >= 11 is 1.66. The van der Waals surface area contributed by atoms with Gasteiger partial charge in [-0.25, -0.2) is 9.97 Å². The number of carbonyl (C=O) groups is 1. The summed E-state index contributed by atoms with van der Waals surface area (Å²) in [7, 11) is 2.99. The summed E-state index contributed by atoms with van der Waals surface area (Å²) in [5, 5.41) is 15.1. The molecule has 0 fully saturated rings. The van der Waals surface area contributed by atoms with Crippen LogP contribution in [0.2, 0.25) is 0 Å². The van der Waals surface area contributed by atoms with Crippen LogP contribution in [0.5, 0.6) is 11.5 Å². The van der Waals surface area contributed by atoms with E-state index in [1.54, 1.807) is 23.6 Å². The van der Waals surface area contributed by atoms with E-state index in [-0.39, 0.29) is 5.13 Å². The van der Waals surface area contributed by atoms with Crippen LogP contribution < -0.4 is 14.8 Å². The number of anilines is 1. The van der Waals surface area contributed by atoms with Crippen molar-refractivity contribution >= 4 is 33.7 Å². The number of hydrogen-bond donors (Lipinski definition) is 2. The fraction of sp³-hybridized carbons (Fsp3) is 0.316. The van der Waals surface area contributed by atoms with Crippen LogP contribution in [-0.4, -0.2) is 41.4 Å². The van der Waals surface area contributed by atoms with Gasteiger partial charge in [0.15, 0.2) is 5.13 Å². The first-order valence-corrected chi connectivity index (χ1v) is 10.5. The molecule has 2 aromatic heterocycles. The number of methoxy groups -OCH3 is 2. The largest absolute Gasteiger partial charge is 0.497 e. The zero-order chi connectivity index (χ0) is 22.8.